The summed E-state index contributed by atoms with van der Waals surface area (Å²) in [5.41, 5.74) is 1.90. The summed E-state index contributed by atoms with van der Waals surface area (Å²) in [6.45, 7) is 4.68. The van der Waals surface area contributed by atoms with E-state index in [-0.39, 0.29) is 12.4 Å². The SMILES string of the molecule is CCCCCCOC(=O)Cc1cc(C)ccn1. The fourth-order valence-corrected chi connectivity index (χ4v) is 1.61. The second-order valence-corrected chi connectivity index (χ2v) is 4.28. The number of aromatic nitrogens is 1. The highest BCUT2D eigenvalue weighted by atomic mass is 16.5. The number of pyridine rings is 1. The first-order chi connectivity index (χ1) is 8.22. The Morgan fingerprint density at radius 3 is 2.88 bits per heavy atom. The van der Waals surface area contributed by atoms with Crippen LogP contribution in [0.2, 0.25) is 0 Å². The van der Waals surface area contributed by atoms with Crippen LogP contribution in [0, 0.1) is 6.92 Å². The summed E-state index contributed by atoms with van der Waals surface area (Å²) >= 11 is 0. The van der Waals surface area contributed by atoms with E-state index < -0.39 is 0 Å². The van der Waals surface area contributed by atoms with Crippen molar-refractivity contribution in [1.29, 1.82) is 0 Å². The zero-order chi connectivity index (χ0) is 12.5. The monoisotopic (exact) mass is 235 g/mol. The molecule has 0 spiro atoms. The lowest BCUT2D eigenvalue weighted by molar-refractivity contribution is -0.143. The maximum Gasteiger partial charge on any atom is 0.311 e. The van der Waals surface area contributed by atoms with Crippen molar-refractivity contribution in [1.82, 2.24) is 4.98 Å². The van der Waals surface area contributed by atoms with E-state index in [0.29, 0.717) is 6.61 Å². The van der Waals surface area contributed by atoms with Crippen LogP contribution in [0.25, 0.3) is 0 Å². The standard InChI is InChI=1S/C14H21NO2/c1-3-4-5-6-9-17-14(16)11-13-10-12(2)7-8-15-13/h7-8,10H,3-6,9,11H2,1-2H3. The minimum atomic E-state index is -0.181. The van der Waals surface area contributed by atoms with Gasteiger partial charge in [0.2, 0.25) is 0 Å². The van der Waals surface area contributed by atoms with Gasteiger partial charge in [0.15, 0.2) is 0 Å². The summed E-state index contributed by atoms with van der Waals surface area (Å²) in [7, 11) is 0. The van der Waals surface area contributed by atoms with Crippen molar-refractivity contribution in [2.75, 3.05) is 6.61 Å². The number of nitrogens with zero attached hydrogens (tertiary/aromatic N) is 1. The third-order valence-electron chi connectivity index (χ3n) is 2.56. The van der Waals surface area contributed by atoms with Crippen molar-refractivity contribution in [3.8, 4) is 0 Å². The van der Waals surface area contributed by atoms with Gasteiger partial charge < -0.3 is 4.74 Å². The lowest BCUT2D eigenvalue weighted by Crippen LogP contribution is -2.10. The fraction of sp³-hybridized carbons (Fsp3) is 0.571. The van der Waals surface area contributed by atoms with Crippen molar-refractivity contribution in [2.24, 2.45) is 0 Å². The van der Waals surface area contributed by atoms with Gasteiger partial charge in [0, 0.05) is 6.20 Å². The Kier molecular flexibility index (Phi) is 6.30. The van der Waals surface area contributed by atoms with Gasteiger partial charge in [0.05, 0.1) is 18.7 Å². The summed E-state index contributed by atoms with van der Waals surface area (Å²) in [5, 5.41) is 0. The Morgan fingerprint density at radius 1 is 1.35 bits per heavy atom. The molecule has 1 aromatic heterocycles. The second kappa shape index (κ2) is 7.82. The molecule has 3 heteroatoms. The molecule has 1 aromatic rings. The Bertz CT molecular complexity index is 350. The van der Waals surface area contributed by atoms with Gasteiger partial charge in [-0.05, 0) is 31.0 Å². The fourth-order valence-electron chi connectivity index (χ4n) is 1.61. The number of hydrogen-bond acceptors (Lipinski definition) is 3. The smallest absolute Gasteiger partial charge is 0.311 e. The molecule has 1 rings (SSSR count). The number of esters is 1. The molecule has 0 aromatic carbocycles. The van der Waals surface area contributed by atoms with Crippen molar-refractivity contribution in [2.45, 2.75) is 46.0 Å². The number of aryl methyl sites for hydroxylation is 1. The first-order valence-electron chi connectivity index (χ1n) is 6.29. The van der Waals surface area contributed by atoms with Crippen LogP contribution >= 0.6 is 0 Å². The lowest BCUT2D eigenvalue weighted by atomic mass is 10.2. The summed E-state index contributed by atoms with van der Waals surface area (Å²) in [4.78, 5) is 15.6. The van der Waals surface area contributed by atoms with Gasteiger partial charge in [-0.1, -0.05) is 26.2 Å². The molecule has 0 saturated heterocycles. The highest BCUT2D eigenvalue weighted by Gasteiger charge is 2.05. The van der Waals surface area contributed by atoms with Crippen LogP contribution in [0.5, 0.6) is 0 Å². The quantitative estimate of drug-likeness (QED) is 0.538. The van der Waals surface area contributed by atoms with Crippen molar-refractivity contribution < 1.29 is 9.53 Å². The lowest BCUT2D eigenvalue weighted by Gasteiger charge is -2.04. The Labute approximate surface area is 103 Å². The molecule has 0 fully saturated rings. The van der Waals surface area contributed by atoms with E-state index in [1.54, 1.807) is 6.20 Å². The van der Waals surface area contributed by atoms with Crippen LogP contribution < -0.4 is 0 Å². The minimum Gasteiger partial charge on any atom is -0.465 e. The highest BCUT2D eigenvalue weighted by Crippen LogP contribution is 2.03. The Balaban J connectivity index is 2.21. The molecule has 0 aliphatic rings. The second-order valence-electron chi connectivity index (χ2n) is 4.28. The summed E-state index contributed by atoms with van der Waals surface area (Å²) in [6.07, 6.45) is 6.49. The van der Waals surface area contributed by atoms with Gasteiger partial charge >= 0.3 is 5.97 Å². The van der Waals surface area contributed by atoms with Crippen molar-refractivity contribution >= 4 is 5.97 Å². The predicted molar refractivity (Wildman–Crippen MR) is 67.8 cm³/mol. The molecule has 0 aliphatic carbocycles. The molecule has 17 heavy (non-hydrogen) atoms. The Morgan fingerprint density at radius 2 is 2.18 bits per heavy atom. The van der Waals surface area contributed by atoms with E-state index in [4.69, 9.17) is 4.74 Å². The van der Waals surface area contributed by atoms with E-state index in [2.05, 4.69) is 11.9 Å². The average Bonchev–Trinajstić information content (AvgIpc) is 2.29. The molecule has 0 N–H and O–H groups in total. The number of carbonyl (C=O) groups is 1. The summed E-state index contributed by atoms with van der Waals surface area (Å²) in [5.74, 6) is -0.181. The molecule has 3 nitrogen and oxygen atoms in total. The number of ether oxygens (including phenoxy) is 1. The maximum absolute atomic E-state index is 11.5. The van der Waals surface area contributed by atoms with E-state index in [0.717, 1.165) is 24.1 Å². The minimum absolute atomic E-state index is 0.181. The van der Waals surface area contributed by atoms with E-state index in [9.17, 15) is 4.79 Å². The molecule has 0 bridgehead atoms. The van der Waals surface area contributed by atoms with Gasteiger partial charge in [0.25, 0.3) is 0 Å². The predicted octanol–water partition coefficient (Wildman–Crippen LogP) is 3.06. The van der Waals surface area contributed by atoms with Crippen LogP contribution in [0.3, 0.4) is 0 Å². The van der Waals surface area contributed by atoms with E-state index in [1.807, 2.05) is 19.1 Å². The molecular formula is C14H21NO2. The molecule has 0 aliphatic heterocycles. The number of carbonyl (C=O) groups excluding carboxylic acids is 1. The summed E-state index contributed by atoms with van der Waals surface area (Å²) < 4.78 is 5.15. The zero-order valence-electron chi connectivity index (χ0n) is 10.7. The van der Waals surface area contributed by atoms with Crippen LogP contribution in [0.1, 0.15) is 43.9 Å². The van der Waals surface area contributed by atoms with Crippen LogP contribution in [0.15, 0.2) is 18.3 Å². The number of hydrogen-bond donors (Lipinski definition) is 0. The van der Waals surface area contributed by atoms with Gasteiger partial charge in [-0.2, -0.15) is 0 Å². The first-order valence-corrected chi connectivity index (χ1v) is 6.29. The molecule has 0 saturated carbocycles. The third-order valence-corrected chi connectivity index (χ3v) is 2.56. The molecule has 0 amide bonds. The topological polar surface area (TPSA) is 39.2 Å². The third kappa shape index (κ3) is 6.05. The van der Waals surface area contributed by atoms with Crippen molar-refractivity contribution in [3.05, 3.63) is 29.6 Å². The van der Waals surface area contributed by atoms with Crippen LogP contribution in [-0.2, 0) is 16.0 Å². The van der Waals surface area contributed by atoms with Crippen LogP contribution in [-0.4, -0.2) is 17.6 Å². The molecular weight excluding hydrogens is 214 g/mol. The number of rotatable bonds is 7. The first kappa shape index (κ1) is 13.7. The van der Waals surface area contributed by atoms with Gasteiger partial charge in [0.1, 0.15) is 0 Å². The Hall–Kier alpha value is -1.38. The average molecular weight is 235 g/mol. The van der Waals surface area contributed by atoms with Crippen molar-refractivity contribution in [3.63, 3.8) is 0 Å². The zero-order valence-corrected chi connectivity index (χ0v) is 10.7. The van der Waals surface area contributed by atoms with Gasteiger partial charge in [-0.15, -0.1) is 0 Å². The normalized spacial score (nSPS) is 10.2. The van der Waals surface area contributed by atoms with E-state index in [1.165, 1.54) is 12.8 Å². The largest absolute Gasteiger partial charge is 0.465 e. The van der Waals surface area contributed by atoms with Crippen LogP contribution in [0.4, 0.5) is 0 Å². The maximum atomic E-state index is 11.5. The molecule has 94 valence electrons. The highest BCUT2D eigenvalue weighted by molar-refractivity contribution is 5.71. The molecule has 0 radical (unpaired) electrons. The molecule has 1 heterocycles. The number of unbranched alkanes of at least 4 members (excludes halogenated alkanes) is 3. The molecule has 0 unspecified atom stereocenters. The summed E-state index contributed by atoms with van der Waals surface area (Å²) in [6, 6.07) is 3.83. The van der Waals surface area contributed by atoms with Gasteiger partial charge in [-0.3, -0.25) is 9.78 Å². The van der Waals surface area contributed by atoms with Gasteiger partial charge in [-0.25, -0.2) is 0 Å². The molecule has 0 atom stereocenters. The van der Waals surface area contributed by atoms with E-state index >= 15 is 0 Å².